The third-order valence-corrected chi connectivity index (χ3v) is 4.55. The highest BCUT2D eigenvalue weighted by atomic mass is 35.5. The van der Waals surface area contributed by atoms with E-state index in [-0.39, 0.29) is 16.1 Å². The molecule has 0 aliphatic rings. The van der Waals surface area contributed by atoms with Crippen LogP contribution in [0.4, 0.5) is 0 Å². The van der Waals surface area contributed by atoms with Crippen molar-refractivity contribution in [2.45, 2.75) is 33.2 Å². The second kappa shape index (κ2) is 7.99. The molecule has 0 spiro atoms. The van der Waals surface area contributed by atoms with Crippen LogP contribution in [-0.2, 0) is 0 Å². The molecule has 0 aliphatic heterocycles. The van der Waals surface area contributed by atoms with Crippen LogP contribution in [0.2, 0.25) is 10.0 Å². The van der Waals surface area contributed by atoms with Crippen molar-refractivity contribution in [2.75, 3.05) is 0 Å². The SMILES string of the molecule is Cc1cccc(C(=O)N(C(=O)c2cccc(Cl)c2)N(C#N)C(C)(C)C)c1Cl. The number of carbonyl (C=O) groups is 2. The molecule has 0 aromatic heterocycles. The number of benzene rings is 2. The van der Waals surface area contributed by atoms with Gasteiger partial charge in [-0.25, -0.2) is 5.01 Å². The third kappa shape index (κ3) is 4.41. The van der Waals surface area contributed by atoms with Crippen molar-refractivity contribution in [3.63, 3.8) is 0 Å². The normalized spacial score (nSPS) is 10.9. The van der Waals surface area contributed by atoms with E-state index >= 15 is 0 Å². The van der Waals surface area contributed by atoms with Crippen LogP contribution < -0.4 is 0 Å². The highest BCUT2D eigenvalue weighted by molar-refractivity contribution is 6.35. The van der Waals surface area contributed by atoms with E-state index in [4.69, 9.17) is 23.2 Å². The van der Waals surface area contributed by atoms with Gasteiger partial charge in [-0.1, -0.05) is 41.4 Å². The maximum atomic E-state index is 13.3. The zero-order valence-corrected chi connectivity index (χ0v) is 17.0. The Kier molecular flexibility index (Phi) is 6.15. The van der Waals surface area contributed by atoms with E-state index in [1.54, 1.807) is 52.0 Å². The van der Waals surface area contributed by atoms with Gasteiger partial charge in [0.05, 0.1) is 16.1 Å². The van der Waals surface area contributed by atoms with E-state index in [1.165, 1.54) is 18.2 Å². The number of aryl methyl sites for hydroxylation is 1. The number of nitriles is 1. The smallest absolute Gasteiger partial charge is 0.267 e. The number of hydrazine groups is 1. The molecular weight excluding hydrogens is 385 g/mol. The largest absolute Gasteiger partial charge is 0.282 e. The van der Waals surface area contributed by atoms with Gasteiger partial charge in [-0.05, 0) is 57.5 Å². The number of halogens is 2. The van der Waals surface area contributed by atoms with Crippen LogP contribution in [0.1, 0.15) is 47.1 Å². The average Bonchev–Trinajstić information content (AvgIpc) is 2.59. The summed E-state index contributed by atoms with van der Waals surface area (Å²) in [5.41, 5.74) is 0.187. The molecule has 140 valence electrons. The highest BCUT2D eigenvalue weighted by Crippen LogP contribution is 2.26. The number of rotatable bonds is 3. The van der Waals surface area contributed by atoms with Crippen molar-refractivity contribution in [3.8, 4) is 6.19 Å². The molecule has 0 fully saturated rings. The topological polar surface area (TPSA) is 64.4 Å². The van der Waals surface area contributed by atoms with Gasteiger partial charge >= 0.3 is 0 Å². The molecule has 2 aromatic rings. The van der Waals surface area contributed by atoms with Crippen molar-refractivity contribution in [1.82, 2.24) is 10.0 Å². The Morgan fingerprint density at radius 3 is 2.22 bits per heavy atom. The second-order valence-corrected chi connectivity index (χ2v) is 7.77. The monoisotopic (exact) mass is 403 g/mol. The van der Waals surface area contributed by atoms with Crippen molar-refractivity contribution < 1.29 is 9.59 Å². The summed E-state index contributed by atoms with van der Waals surface area (Å²) >= 11 is 12.3. The Labute approximate surface area is 168 Å². The number of nitrogens with zero attached hydrogens (tertiary/aromatic N) is 3. The lowest BCUT2D eigenvalue weighted by Crippen LogP contribution is -2.55. The van der Waals surface area contributed by atoms with Crippen LogP contribution in [0.25, 0.3) is 0 Å². The molecule has 7 heteroatoms. The summed E-state index contributed by atoms with van der Waals surface area (Å²) < 4.78 is 0. The summed E-state index contributed by atoms with van der Waals surface area (Å²) in [6.07, 6.45) is 1.93. The van der Waals surface area contributed by atoms with E-state index in [0.717, 1.165) is 10.0 Å². The van der Waals surface area contributed by atoms with Gasteiger partial charge in [-0.3, -0.25) is 9.59 Å². The van der Waals surface area contributed by atoms with Gasteiger partial charge in [0.1, 0.15) is 0 Å². The quantitative estimate of drug-likeness (QED) is 0.310. The van der Waals surface area contributed by atoms with Crippen LogP contribution in [0.5, 0.6) is 0 Å². The lowest BCUT2D eigenvalue weighted by atomic mass is 10.1. The molecule has 0 N–H and O–H groups in total. The summed E-state index contributed by atoms with van der Waals surface area (Å²) in [7, 11) is 0. The number of hydrogen-bond acceptors (Lipinski definition) is 4. The highest BCUT2D eigenvalue weighted by Gasteiger charge is 2.37. The number of hydrogen-bond donors (Lipinski definition) is 0. The molecule has 2 rings (SSSR count). The van der Waals surface area contributed by atoms with E-state index in [2.05, 4.69) is 0 Å². The summed E-state index contributed by atoms with van der Waals surface area (Å²) in [5, 5.41) is 12.1. The molecule has 5 nitrogen and oxygen atoms in total. The second-order valence-electron chi connectivity index (χ2n) is 6.95. The molecule has 27 heavy (non-hydrogen) atoms. The molecule has 2 amide bonds. The first-order valence-corrected chi connectivity index (χ1v) is 8.93. The van der Waals surface area contributed by atoms with Gasteiger partial charge in [0, 0.05) is 10.6 Å². The fourth-order valence-corrected chi connectivity index (χ4v) is 2.84. The van der Waals surface area contributed by atoms with Crippen molar-refractivity contribution in [2.24, 2.45) is 0 Å². The predicted octanol–water partition coefficient (Wildman–Crippen LogP) is 5.08. The van der Waals surface area contributed by atoms with Gasteiger partial charge in [0.25, 0.3) is 11.8 Å². The van der Waals surface area contributed by atoms with Crippen molar-refractivity contribution in [3.05, 3.63) is 69.2 Å². The Morgan fingerprint density at radius 1 is 1.04 bits per heavy atom. The number of imide groups is 1. The minimum atomic E-state index is -0.824. The first-order chi connectivity index (χ1) is 12.6. The van der Waals surface area contributed by atoms with Gasteiger partial charge in [-0.15, -0.1) is 0 Å². The van der Waals surface area contributed by atoms with Crippen LogP contribution in [-0.4, -0.2) is 27.4 Å². The molecule has 0 radical (unpaired) electrons. The molecule has 0 heterocycles. The van der Waals surface area contributed by atoms with Gasteiger partial charge in [-0.2, -0.15) is 10.3 Å². The molecule has 0 unspecified atom stereocenters. The number of carbonyl (C=O) groups excluding carboxylic acids is 2. The van der Waals surface area contributed by atoms with Crippen LogP contribution in [0.3, 0.4) is 0 Å². The fourth-order valence-electron chi connectivity index (χ4n) is 2.44. The molecule has 0 bridgehead atoms. The fraction of sp³-hybridized carbons (Fsp3) is 0.250. The van der Waals surface area contributed by atoms with Crippen LogP contribution in [0.15, 0.2) is 42.5 Å². The maximum absolute atomic E-state index is 13.3. The van der Waals surface area contributed by atoms with Gasteiger partial charge in [0.15, 0.2) is 0 Å². The first-order valence-electron chi connectivity index (χ1n) is 8.17. The van der Waals surface area contributed by atoms with E-state index in [0.29, 0.717) is 10.6 Å². The summed E-state index contributed by atoms with van der Waals surface area (Å²) in [6, 6.07) is 11.1. The van der Waals surface area contributed by atoms with E-state index < -0.39 is 17.4 Å². The Balaban J connectivity index is 2.63. The zero-order valence-electron chi connectivity index (χ0n) is 15.5. The van der Waals surface area contributed by atoms with Gasteiger partial charge < -0.3 is 0 Å². The molecule has 2 aromatic carbocycles. The Morgan fingerprint density at radius 2 is 1.67 bits per heavy atom. The standard InChI is InChI=1S/C20H19Cl2N3O2/c1-13-7-5-10-16(17(13)22)19(27)25(24(12-23)20(2,3)4)18(26)14-8-6-9-15(21)11-14/h5-11H,1-4H3. The first kappa shape index (κ1) is 20.8. The van der Waals surface area contributed by atoms with E-state index in [1.807, 2.05) is 6.19 Å². The van der Waals surface area contributed by atoms with Crippen molar-refractivity contribution in [1.29, 1.82) is 5.26 Å². The molecule has 0 atom stereocenters. The summed E-state index contributed by atoms with van der Waals surface area (Å²) in [6.45, 7) is 6.92. The summed E-state index contributed by atoms with van der Waals surface area (Å²) in [4.78, 5) is 26.4. The Bertz CT molecular complexity index is 930. The lowest BCUT2D eigenvalue weighted by Gasteiger charge is -2.38. The third-order valence-electron chi connectivity index (χ3n) is 3.81. The molecule has 0 saturated carbocycles. The average molecular weight is 404 g/mol. The Hall–Kier alpha value is -2.55. The van der Waals surface area contributed by atoms with Crippen molar-refractivity contribution >= 4 is 35.0 Å². The lowest BCUT2D eigenvalue weighted by molar-refractivity contribution is -0.0110. The molecular formula is C20H19Cl2N3O2. The number of amides is 2. The van der Waals surface area contributed by atoms with Crippen LogP contribution in [0, 0.1) is 18.4 Å². The minimum Gasteiger partial charge on any atom is -0.267 e. The predicted molar refractivity (Wildman–Crippen MR) is 105 cm³/mol. The summed E-state index contributed by atoms with van der Waals surface area (Å²) in [5.74, 6) is -1.36. The van der Waals surface area contributed by atoms with E-state index in [9.17, 15) is 14.9 Å². The maximum Gasteiger partial charge on any atom is 0.282 e. The van der Waals surface area contributed by atoms with Gasteiger partial charge in [0.2, 0.25) is 6.19 Å². The molecule has 0 aliphatic carbocycles. The molecule has 0 saturated heterocycles. The van der Waals surface area contributed by atoms with Crippen LogP contribution >= 0.6 is 23.2 Å². The minimum absolute atomic E-state index is 0.136. The zero-order chi connectivity index (χ0) is 20.4.